The lowest BCUT2D eigenvalue weighted by Crippen LogP contribution is -2.30. The van der Waals surface area contributed by atoms with E-state index < -0.39 is 0 Å². The predicted molar refractivity (Wildman–Crippen MR) is 93.0 cm³/mol. The molecule has 1 aliphatic heterocycles. The van der Waals surface area contributed by atoms with Crippen LogP contribution < -0.4 is 11.1 Å². The van der Waals surface area contributed by atoms with Gasteiger partial charge in [0.25, 0.3) is 0 Å². The van der Waals surface area contributed by atoms with Crippen LogP contribution in [0.2, 0.25) is 0 Å². The first-order valence-electron chi connectivity index (χ1n) is 8.45. The Kier molecular flexibility index (Phi) is 9.19. The lowest BCUT2D eigenvalue weighted by molar-refractivity contribution is -0.125. The maximum Gasteiger partial charge on any atom is 0.324 e. The normalized spacial score (nSPS) is 13.3. The molecule has 1 heterocycles. The zero-order valence-electron chi connectivity index (χ0n) is 14.3. The molecule has 1 fully saturated rings. The monoisotopic (exact) mass is 333 g/mol. The molecular formula is C18H27N3O3. The highest BCUT2D eigenvalue weighted by molar-refractivity contribution is 6.01. The lowest BCUT2D eigenvalue weighted by atomic mass is 10.1. The number of carbonyl (C=O) groups is 3. The number of hydrogen-bond donors (Lipinski definition) is 2. The van der Waals surface area contributed by atoms with Crippen molar-refractivity contribution in [3.63, 3.8) is 0 Å². The number of imide groups is 1. The highest BCUT2D eigenvalue weighted by atomic mass is 16.2. The molecule has 24 heavy (non-hydrogen) atoms. The maximum atomic E-state index is 11.2. The molecule has 0 aromatic heterocycles. The van der Waals surface area contributed by atoms with Crippen molar-refractivity contribution >= 4 is 17.8 Å². The van der Waals surface area contributed by atoms with Gasteiger partial charge in [-0.25, -0.2) is 4.79 Å². The van der Waals surface area contributed by atoms with E-state index in [0.717, 1.165) is 18.4 Å². The van der Waals surface area contributed by atoms with Crippen LogP contribution >= 0.6 is 0 Å². The number of nitrogens with zero attached hydrogens (tertiary/aromatic N) is 1. The fraction of sp³-hybridized carbons (Fsp3) is 0.500. The summed E-state index contributed by atoms with van der Waals surface area (Å²) >= 11 is 0. The number of urea groups is 1. The van der Waals surface area contributed by atoms with E-state index >= 15 is 0 Å². The average Bonchev–Trinajstić information content (AvgIpc) is 2.88. The molecular weight excluding hydrogens is 306 g/mol. The first-order valence-corrected chi connectivity index (χ1v) is 8.45. The summed E-state index contributed by atoms with van der Waals surface area (Å²) < 4.78 is 0. The summed E-state index contributed by atoms with van der Waals surface area (Å²) in [6.45, 7) is 2.64. The van der Waals surface area contributed by atoms with Gasteiger partial charge in [0.15, 0.2) is 0 Å². The molecule has 0 bridgehead atoms. The molecule has 0 radical (unpaired) electrons. The van der Waals surface area contributed by atoms with Gasteiger partial charge in [-0.3, -0.25) is 14.5 Å². The number of nitrogens with two attached hydrogens (primary N) is 1. The standard InChI is InChI=1S/C10H10N2O2.C8H17NO/c13-9-6-11-10(14)12(9)7-8-4-2-1-3-5-8;1-2-3-4-5-6-7-8(9)10/h1-5H,6-7H2,(H,11,14);2-7H2,1H3,(H2,9,10). The van der Waals surface area contributed by atoms with Gasteiger partial charge in [0.1, 0.15) is 0 Å². The maximum absolute atomic E-state index is 11.2. The van der Waals surface area contributed by atoms with Gasteiger partial charge in [-0.05, 0) is 12.0 Å². The SMILES string of the molecule is CCCCCCCC(N)=O.O=C1CNC(=O)N1Cc1ccccc1. The molecule has 1 aromatic rings. The molecule has 6 heteroatoms. The van der Waals surface area contributed by atoms with E-state index in [0.29, 0.717) is 13.0 Å². The van der Waals surface area contributed by atoms with Crippen molar-refractivity contribution in [3.05, 3.63) is 35.9 Å². The zero-order chi connectivity index (χ0) is 17.8. The predicted octanol–water partition coefficient (Wildman–Crippen LogP) is 2.57. The van der Waals surface area contributed by atoms with Crippen molar-refractivity contribution in [2.75, 3.05) is 6.54 Å². The van der Waals surface area contributed by atoms with Crippen molar-refractivity contribution < 1.29 is 14.4 Å². The van der Waals surface area contributed by atoms with Gasteiger partial charge in [0.2, 0.25) is 11.8 Å². The van der Waals surface area contributed by atoms with E-state index in [1.165, 1.54) is 24.2 Å². The summed E-state index contributed by atoms with van der Waals surface area (Å²) in [6, 6.07) is 9.13. The van der Waals surface area contributed by atoms with Gasteiger partial charge in [-0.2, -0.15) is 0 Å². The molecule has 0 unspecified atom stereocenters. The molecule has 3 N–H and O–H groups in total. The Morgan fingerprint density at radius 3 is 2.33 bits per heavy atom. The minimum atomic E-state index is -0.307. The molecule has 132 valence electrons. The van der Waals surface area contributed by atoms with Crippen LogP contribution in [0, 0.1) is 0 Å². The number of hydrogen-bond acceptors (Lipinski definition) is 3. The van der Waals surface area contributed by atoms with Crippen molar-refractivity contribution in [3.8, 4) is 0 Å². The zero-order valence-corrected chi connectivity index (χ0v) is 14.3. The summed E-state index contributed by atoms with van der Waals surface area (Å²) in [4.78, 5) is 33.9. The topological polar surface area (TPSA) is 92.5 Å². The van der Waals surface area contributed by atoms with E-state index in [9.17, 15) is 14.4 Å². The van der Waals surface area contributed by atoms with E-state index in [1.54, 1.807) is 0 Å². The Morgan fingerprint density at radius 2 is 1.79 bits per heavy atom. The fourth-order valence-corrected chi connectivity index (χ4v) is 2.28. The van der Waals surface area contributed by atoms with Gasteiger partial charge >= 0.3 is 6.03 Å². The number of rotatable bonds is 8. The van der Waals surface area contributed by atoms with Crippen LogP contribution in [0.3, 0.4) is 0 Å². The van der Waals surface area contributed by atoms with Crippen molar-refractivity contribution in [2.45, 2.75) is 52.0 Å². The van der Waals surface area contributed by atoms with E-state index in [4.69, 9.17) is 5.73 Å². The van der Waals surface area contributed by atoms with Gasteiger partial charge in [0, 0.05) is 6.42 Å². The Labute approximate surface area is 143 Å². The minimum Gasteiger partial charge on any atom is -0.370 e. The summed E-state index contributed by atoms with van der Waals surface area (Å²) in [7, 11) is 0. The third kappa shape index (κ3) is 7.76. The largest absolute Gasteiger partial charge is 0.370 e. The smallest absolute Gasteiger partial charge is 0.324 e. The molecule has 1 aromatic carbocycles. The minimum absolute atomic E-state index is 0.117. The van der Waals surface area contributed by atoms with Gasteiger partial charge < -0.3 is 11.1 Å². The van der Waals surface area contributed by atoms with Crippen LogP contribution in [-0.4, -0.2) is 29.3 Å². The molecule has 1 aliphatic rings. The van der Waals surface area contributed by atoms with Crippen LogP contribution in [-0.2, 0) is 16.1 Å². The van der Waals surface area contributed by atoms with Crippen LogP contribution in [0.5, 0.6) is 0 Å². The van der Waals surface area contributed by atoms with Gasteiger partial charge in [-0.15, -0.1) is 0 Å². The third-order valence-electron chi connectivity index (χ3n) is 3.65. The lowest BCUT2D eigenvalue weighted by Gasteiger charge is -2.11. The summed E-state index contributed by atoms with van der Waals surface area (Å²) in [5.74, 6) is -0.338. The van der Waals surface area contributed by atoms with Crippen molar-refractivity contribution in [2.24, 2.45) is 5.73 Å². The average molecular weight is 333 g/mol. The number of nitrogens with one attached hydrogen (secondary N) is 1. The van der Waals surface area contributed by atoms with Crippen LogP contribution in [0.4, 0.5) is 4.79 Å². The highest BCUT2D eigenvalue weighted by Crippen LogP contribution is 2.07. The first kappa shape index (κ1) is 19.7. The molecule has 0 atom stereocenters. The molecule has 0 spiro atoms. The number of carbonyl (C=O) groups excluding carboxylic acids is 3. The second-order valence-corrected chi connectivity index (χ2v) is 5.75. The number of benzene rings is 1. The number of unbranched alkanes of at least 4 members (excludes halogenated alkanes) is 4. The Morgan fingerprint density at radius 1 is 1.12 bits per heavy atom. The Hall–Kier alpha value is -2.37. The van der Waals surface area contributed by atoms with Crippen molar-refractivity contribution in [1.29, 1.82) is 0 Å². The molecule has 0 aliphatic carbocycles. The third-order valence-corrected chi connectivity index (χ3v) is 3.65. The molecule has 4 amide bonds. The second kappa shape index (κ2) is 11.2. The van der Waals surface area contributed by atoms with Crippen molar-refractivity contribution in [1.82, 2.24) is 10.2 Å². The summed E-state index contributed by atoms with van der Waals surface area (Å²) in [5, 5.41) is 2.48. The molecule has 0 saturated carbocycles. The molecule has 1 saturated heterocycles. The molecule has 6 nitrogen and oxygen atoms in total. The van der Waals surface area contributed by atoms with Gasteiger partial charge in [-0.1, -0.05) is 62.9 Å². The highest BCUT2D eigenvalue weighted by Gasteiger charge is 2.27. The number of primary amides is 1. The number of amides is 4. The quantitative estimate of drug-likeness (QED) is 0.565. The summed E-state index contributed by atoms with van der Waals surface area (Å²) in [6.07, 6.45) is 6.44. The molecule has 2 rings (SSSR count). The summed E-state index contributed by atoms with van der Waals surface area (Å²) in [5.41, 5.74) is 5.92. The second-order valence-electron chi connectivity index (χ2n) is 5.75. The Balaban J connectivity index is 0.000000257. The van der Waals surface area contributed by atoms with Gasteiger partial charge in [0.05, 0.1) is 13.1 Å². The van der Waals surface area contributed by atoms with E-state index in [2.05, 4.69) is 12.2 Å². The van der Waals surface area contributed by atoms with Crippen LogP contribution in [0.25, 0.3) is 0 Å². The van der Waals surface area contributed by atoms with E-state index in [1.807, 2.05) is 30.3 Å². The van der Waals surface area contributed by atoms with Crippen LogP contribution in [0.1, 0.15) is 51.0 Å². The fourth-order valence-electron chi connectivity index (χ4n) is 2.28. The van der Waals surface area contributed by atoms with Crippen LogP contribution in [0.15, 0.2) is 30.3 Å². The first-order chi connectivity index (χ1) is 11.5. The van der Waals surface area contributed by atoms with E-state index in [-0.39, 0.29) is 24.4 Å². The Bertz CT molecular complexity index is 516.